The van der Waals surface area contributed by atoms with Gasteiger partial charge in [-0.15, -0.1) is 0 Å². The molecule has 3 fully saturated rings. The van der Waals surface area contributed by atoms with E-state index in [4.69, 9.17) is 9.47 Å². The molecule has 1 atom stereocenters. The van der Waals surface area contributed by atoms with Crippen molar-refractivity contribution in [2.75, 3.05) is 57.3 Å². The molecule has 0 bridgehead atoms. The zero-order chi connectivity index (χ0) is 40.0. The molecule has 0 saturated carbocycles. The molecular formula is C43H50N4O8S. The number of nitrogens with zero attached hydrogens (tertiary/aromatic N) is 3. The van der Waals surface area contributed by atoms with E-state index in [1.54, 1.807) is 19.2 Å². The molecule has 3 aromatic carbocycles. The van der Waals surface area contributed by atoms with E-state index in [1.165, 1.54) is 4.90 Å². The molecule has 4 amide bonds. The van der Waals surface area contributed by atoms with E-state index in [-0.39, 0.29) is 36.1 Å². The van der Waals surface area contributed by atoms with Crippen LogP contribution in [0.3, 0.4) is 0 Å². The molecule has 12 nitrogen and oxygen atoms in total. The van der Waals surface area contributed by atoms with Crippen molar-refractivity contribution < 1.29 is 37.1 Å². The molecule has 4 aliphatic heterocycles. The van der Waals surface area contributed by atoms with Crippen LogP contribution in [0.5, 0.6) is 11.5 Å². The van der Waals surface area contributed by atoms with E-state index in [1.807, 2.05) is 55.5 Å². The average Bonchev–Trinajstić information content (AvgIpc) is 3.41. The van der Waals surface area contributed by atoms with Crippen LogP contribution in [0.15, 0.2) is 60.7 Å². The first-order valence-electron chi connectivity index (χ1n) is 19.2. The number of nitrogens with one attached hydrogen (secondary N) is 1. The molecular weight excluding hydrogens is 733 g/mol. The number of imide groups is 2. The number of hydrogen-bond donors (Lipinski definition) is 1. The van der Waals surface area contributed by atoms with Gasteiger partial charge in [0.15, 0.2) is 11.5 Å². The standard InChI is InChI=1S/C41H44N4O6.C2H6O2S/c1-3-51-37-24-29(9-13-36(37)50-2)26-45-40(48)34-11-10-32(25-35(34)41(45)49)44-21-17-31(18-22-44)43-19-15-27(16-20-43)7-8-28-5-4-6-30(23-28)33-12-14-38(46)42-39(33)47;1-5(2,3)4/h4-6,9-11,13,23-25,27,31,33H,3,12,14-22,26H2,1-2H3,(H,42,46,47);1-2H3. The Bertz CT molecular complexity index is 2140. The highest BCUT2D eigenvalue weighted by Gasteiger charge is 2.37. The summed E-state index contributed by atoms with van der Waals surface area (Å²) in [5.41, 5.74) is 4.51. The van der Waals surface area contributed by atoms with Gasteiger partial charge in [0.05, 0.1) is 37.3 Å². The van der Waals surface area contributed by atoms with E-state index in [9.17, 15) is 27.6 Å². The van der Waals surface area contributed by atoms with Gasteiger partial charge >= 0.3 is 0 Å². The number of amides is 4. The summed E-state index contributed by atoms with van der Waals surface area (Å²) in [6.45, 7) is 6.37. The Labute approximate surface area is 329 Å². The van der Waals surface area contributed by atoms with Crippen molar-refractivity contribution >= 4 is 39.2 Å². The maximum Gasteiger partial charge on any atom is 0.261 e. The molecule has 0 radical (unpaired) electrons. The van der Waals surface area contributed by atoms with Gasteiger partial charge in [-0.25, -0.2) is 8.42 Å². The van der Waals surface area contributed by atoms with Gasteiger partial charge in [0, 0.05) is 55.2 Å². The quantitative estimate of drug-likeness (QED) is 0.250. The number of benzene rings is 3. The Morgan fingerprint density at radius 3 is 2.21 bits per heavy atom. The minimum atomic E-state index is -2.67. The zero-order valence-corrected chi connectivity index (χ0v) is 33.3. The average molecular weight is 783 g/mol. The fourth-order valence-electron chi connectivity index (χ4n) is 7.82. The van der Waals surface area contributed by atoms with Crippen molar-refractivity contribution in [1.82, 2.24) is 15.1 Å². The second-order valence-corrected chi connectivity index (χ2v) is 17.2. The molecule has 4 aliphatic rings. The van der Waals surface area contributed by atoms with Crippen LogP contribution in [0, 0.1) is 17.8 Å². The van der Waals surface area contributed by atoms with E-state index in [0.29, 0.717) is 54.0 Å². The van der Waals surface area contributed by atoms with Gasteiger partial charge in [0.2, 0.25) is 11.8 Å². The van der Waals surface area contributed by atoms with Crippen LogP contribution in [-0.2, 0) is 26.0 Å². The van der Waals surface area contributed by atoms with Gasteiger partial charge in [0.25, 0.3) is 11.8 Å². The monoisotopic (exact) mass is 782 g/mol. The fourth-order valence-corrected chi connectivity index (χ4v) is 7.82. The van der Waals surface area contributed by atoms with E-state index in [0.717, 1.165) is 86.8 Å². The predicted molar refractivity (Wildman–Crippen MR) is 214 cm³/mol. The predicted octanol–water partition coefficient (Wildman–Crippen LogP) is 4.80. The van der Waals surface area contributed by atoms with Gasteiger partial charge in [0.1, 0.15) is 9.84 Å². The molecule has 13 heteroatoms. The van der Waals surface area contributed by atoms with Crippen molar-refractivity contribution in [3.63, 3.8) is 0 Å². The summed E-state index contributed by atoms with van der Waals surface area (Å²) in [6, 6.07) is 19.5. The summed E-state index contributed by atoms with van der Waals surface area (Å²) >= 11 is 0. The fraction of sp³-hybridized carbons (Fsp3) is 0.442. The van der Waals surface area contributed by atoms with Crippen LogP contribution in [-0.4, -0.2) is 100 Å². The molecule has 0 aliphatic carbocycles. The SMILES string of the molecule is CCOc1cc(CN2C(=O)c3ccc(N4CCC(N5CCC(C#Cc6cccc(C7CCC(=O)NC7=O)c6)CC5)CC4)cc3C2=O)ccc1OC.CS(C)(=O)=O. The van der Waals surface area contributed by atoms with Crippen LogP contribution in [0.2, 0.25) is 0 Å². The summed E-state index contributed by atoms with van der Waals surface area (Å²) < 4.78 is 30.3. The van der Waals surface area contributed by atoms with Crippen molar-refractivity contribution in [2.45, 2.75) is 64.0 Å². The number of ether oxygens (including phenoxy) is 2. The number of rotatable bonds is 8. The van der Waals surface area contributed by atoms with E-state index >= 15 is 0 Å². The topological polar surface area (TPSA) is 143 Å². The van der Waals surface area contributed by atoms with Gasteiger partial charge in [-0.3, -0.25) is 29.4 Å². The first-order chi connectivity index (χ1) is 26.8. The summed E-state index contributed by atoms with van der Waals surface area (Å²) in [6.07, 6.45) is 7.36. The van der Waals surface area contributed by atoms with Crippen molar-refractivity contribution in [1.29, 1.82) is 0 Å². The molecule has 56 heavy (non-hydrogen) atoms. The normalized spacial score (nSPS) is 19.4. The lowest BCUT2D eigenvalue weighted by Gasteiger charge is -2.42. The van der Waals surface area contributed by atoms with Crippen LogP contribution in [0.25, 0.3) is 0 Å². The molecule has 0 aromatic heterocycles. The molecule has 1 N–H and O–H groups in total. The van der Waals surface area contributed by atoms with Crippen LogP contribution in [0.1, 0.15) is 88.8 Å². The Kier molecular flexibility index (Phi) is 12.8. The van der Waals surface area contributed by atoms with Crippen molar-refractivity contribution in [2.24, 2.45) is 5.92 Å². The maximum absolute atomic E-state index is 13.5. The summed E-state index contributed by atoms with van der Waals surface area (Å²) in [5, 5.41) is 2.45. The lowest BCUT2D eigenvalue weighted by molar-refractivity contribution is -0.134. The molecule has 3 aromatic rings. The van der Waals surface area contributed by atoms with Gasteiger partial charge in [-0.05, 0) is 106 Å². The van der Waals surface area contributed by atoms with Crippen LogP contribution >= 0.6 is 0 Å². The van der Waals surface area contributed by atoms with Gasteiger partial charge < -0.3 is 19.3 Å². The number of anilines is 1. The molecule has 1 unspecified atom stereocenters. The zero-order valence-electron chi connectivity index (χ0n) is 32.5. The van der Waals surface area contributed by atoms with E-state index in [2.05, 4.69) is 27.0 Å². The highest BCUT2D eigenvalue weighted by atomic mass is 32.2. The Hall–Kier alpha value is -5.19. The Balaban J connectivity index is 0.00000100. The maximum atomic E-state index is 13.5. The minimum absolute atomic E-state index is 0.164. The first kappa shape index (κ1) is 40.5. The second kappa shape index (κ2) is 17.7. The van der Waals surface area contributed by atoms with Crippen LogP contribution in [0.4, 0.5) is 5.69 Å². The largest absolute Gasteiger partial charge is 0.493 e. The Morgan fingerprint density at radius 2 is 1.54 bits per heavy atom. The Morgan fingerprint density at radius 1 is 0.821 bits per heavy atom. The molecule has 4 heterocycles. The summed E-state index contributed by atoms with van der Waals surface area (Å²) in [5.74, 6) is 7.10. The highest BCUT2D eigenvalue weighted by Crippen LogP contribution is 2.33. The number of piperidine rings is 3. The number of fused-ring (bicyclic) bond motifs is 1. The number of carbonyl (C=O) groups excluding carboxylic acids is 4. The van der Waals surface area contributed by atoms with Crippen LogP contribution < -0.4 is 19.7 Å². The molecule has 3 saturated heterocycles. The van der Waals surface area contributed by atoms with Crippen molar-refractivity contribution in [3.8, 4) is 23.3 Å². The van der Waals surface area contributed by atoms with Gasteiger partial charge in [-0.1, -0.05) is 30.0 Å². The number of hydrogen-bond acceptors (Lipinski definition) is 10. The van der Waals surface area contributed by atoms with E-state index < -0.39 is 9.84 Å². The van der Waals surface area contributed by atoms with Crippen molar-refractivity contribution in [3.05, 3.63) is 88.5 Å². The molecule has 7 rings (SSSR count). The third-order valence-electron chi connectivity index (χ3n) is 10.6. The lowest BCUT2D eigenvalue weighted by Crippen LogP contribution is -2.47. The minimum Gasteiger partial charge on any atom is -0.493 e. The second-order valence-electron chi connectivity index (χ2n) is 14.9. The number of methoxy groups -OCH3 is 1. The summed E-state index contributed by atoms with van der Waals surface area (Å²) in [7, 11) is -1.08. The number of sulfone groups is 1. The number of carbonyl (C=O) groups is 4. The third-order valence-corrected chi connectivity index (χ3v) is 10.6. The number of likely N-dealkylation sites (tertiary alicyclic amines) is 1. The first-order valence-corrected chi connectivity index (χ1v) is 21.5. The molecule has 0 spiro atoms. The summed E-state index contributed by atoms with van der Waals surface area (Å²) in [4.78, 5) is 56.9. The third kappa shape index (κ3) is 9.97. The van der Waals surface area contributed by atoms with Gasteiger partial charge in [-0.2, -0.15) is 0 Å². The smallest absolute Gasteiger partial charge is 0.261 e. The highest BCUT2D eigenvalue weighted by molar-refractivity contribution is 7.89. The lowest BCUT2D eigenvalue weighted by atomic mass is 9.89. The molecule has 296 valence electrons.